The largest absolute Gasteiger partial charge is 0.455 e. The Labute approximate surface area is 423 Å². The van der Waals surface area contributed by atoms with Crippen LogP contribution in [0.3, 0.4) is 0 Å². The summed E-state index contributed by atoms with van der Waals surface area (Å²) in [4.78, 5) is 2.40. The molecule has 3 nitrogen and oxygen atoms in total. The molecule has 12 aromatic carbocycles. The molecule has 0 N–H and O–H groups in total. The van der Waals surface area contributed by atoms with Gasteiger partial charge in [-0.1, -0.05) is 206 Å². The van der Waals surface area contributed by atoms with Crippen molar-refractivity contribution in [2.24, 2.45) is 0 Å². The lowest BCUT2D eigenvalue weighted by molar-refractivity contribution is 0.672. The fourth-order valence-electron chi connectivity index (χ4n) is 11.1. The van der Waals surface area contributed by atoms with E-state index < -0.39 is 0 Å². The van der Waals surface area contributed by atoms with Gasteiger partial charge >= 0.3 is 0 Å². The molecular weight excluding hydrogens is 885 g/mol. The molecule has 0 atom stereocenters. The molecule has 0 aliphatic rings. The number of hydrogen-bond donors (Lipinski definition) is 0. The average molecular weight is 931 g/mol. The predicted molar refractivity (Wildman–Crippen MR) is 307 cm³/mol. The number of fused-ring (bicyclic) bond motifs is 8. The number of rotatable bonds is 9. The minimum absolute atomic E-state index is 0.879. The lowest BCUT2D eigenvalue weighted by Crippen LogP contribution is -2.11. The van der Waals surface area contributed by atoms with Crippen molar-refractivity contribution in [1.29, 1.82) is 0 Å². The highest BCUT2D eigenvalue weighted by Gasteiger charge is 2.21. The maximum Gasteiger partial charge on any atom is 0.143 e. The summed E-state index contributed by atoms with van der Waals surface area (Å²) in [6, 6.07) is 101. The predicted octanol–water partition coefficient (Wildman–Crippen LogP) is 19.6. The van der Waals surface area contributed by atoms with Gasteiger partial charge in [-0.05, 0) is 123 Å². The van der Waals surface area contributed by atoms with Crippen molar-refractivity contribution in [3.05, 3.63) is 279 Å². The Morgan fingerprint density at radius 2 is 0.822 bits per heavy atom. The van der Waals surface area contributed by atoms with E-state index in [1.165, 1.54) is 55.0 Å². The SMILES string of the molecule is c1ccc(-c2ccc(-c3ccc(N(c4ccc(-c5ccccc5-n5c6ccccc6c6ccccc65)cc4)c4ccccc4-c4ccc5oc6c7ccccc7ccc6c5c4)cc3)cc2-c2ccccc2)cc1. The number of anilines is 3. The molecule has 14 aromatic rings. The van der Waals surface area contributed by atoms with Crippen molar-refractivity contribution in [3.63, 3.8) is 0 Å². The summed E-state index contributed by atoms with van der Waals surface area (Å²) in [7, 11) is 0. The van der Waals surface area contributed by atoms with Gasteiger partial charge in [0.2, 0.25) is 0 Å². The highest BCUT2D eigenvalue weighted by Crippen LogP contribution is 2.45. The van der Waals surface area contributed by atoms with E-state index in [0.29, 0.717) is 0 Å². The molecule has 0 unspecified atom stereocenters. The van der Waals surface area contributed by atoms with Gasteiger partial charge in [0, 0.05) is 49.4 Å². The van der Waals surface area contributed by atoms with Crippen molar-refractivity contribution in [1.82, 2.24) is 4.57 Å². The Morgan fingerprint density at radius 1 is 0.288 bits per heavy atom. The molecule has 0 radical (unpaired) electrons. The van der Waals surface area contributed by atoms with E-state index in [-0.39, 0.29) is 0 Å². The Hall–Kier alpha value is -9.70. The Morgan fingerprint density at radius 3 is 1.53 bits per heavy atom. The van der Waals surface area contributed by atoms with Gasteiger partial charge in [-0.2, -0.15) is 0 Å². The molecule has 0 aliphatic carbocycles. The molecule has 342 valence electrons. The molecule has 0 bridgehead atoms. The van der Waals surface area contributed by atoms with Crippen LogP contribution in [-0.4, -0.2) is 4.57 Å². The zero-order valence-electron chi connectivity index (χ0n) is 39.9. The quantitative estimate of drug-likeness (QED) is 0.144. The lowest BCUT2D eigenvalue weighted by Gasteiger charge is -2.28. The summed E-state index contributed by atoms with van der Waals surface area (Å²) in [5.41, 5.74) is 20.2. The van der Waals surface area contributed by atoms with Gasteiger partial charge in [-0.25, -0.2) is 0 Å². The van der Waals surface area contributed by atoms with Crippen LogP contribution in [0, 0.1) is 0 Å². The average Bonchev–Trinajstić information content (AvgIpc) is 4.02. The summed E-state index contributed by atoms with van der Waals surface area (Å²) >= 11 is 0. The van der Waals surface area contributed by atoms with Crippen LogP contribution in [0.4, 0.5) is 17.1 Å². The van der Waals surface area contributed by atoms with Crippen LogP contribution in [0.2, 0.25) is 0 Å². The third-order valence-corrected chi connectivity index (χ3v) is 14.6. The molecule has 2 aromatic heterocycles. The first-order valence-electron chi connectivity index (χ1n) is 25.0. The highest BCUT2D eigenvalue weighted by atomic mass is 16.3. The number of hydrogen-bond acceptors (Lipinski definition) is 2. The second-order valence-electron chi connectivity index (χ2n) is 18.8. The molecule has 0 aliphatic heterocycles. The van der Waals surface area contributed by atoms with Crippen LogP contribution >= 0.6 is 0 Å². The van der Waals surface area contributed by atoms with Crippen molar-refractivity contribution in [2.75, 3.05) is 4.90 Å². The molecule has 14 rings (SSSR count). The van der Waals surface area contributed by atoms with Gasteiger partial charge in [0.05, 0.1) is 22.4 Å². The molecule has 3 heteroatoms. The van der Waals surface area contributed by atoms with Crippen LogP contribution in [0.25, 0.3) is 116 Å². The van der Waals surface area contributed by atoms with Crippen LogP contribution in [0.1, 0.15) is 0 Å². The maximum atomic E-state index is 6.59. The number of para-hydroxylation sites is 4. The number of furan rings is 1. The summed E-state index contributed by atoms with van der Waals surface area (Å²) in [6.07, 6.45) is 0. The first-order valence-corrected chi connectivity index (χ1v) is 25.0. The van der Waals surface area contributed by atoms with Gasteiger partial charge in [-0.15, -0.1) is 0 Å². The summed E-state index contributed by atoms with van der Waals surface area (Å²) in [5, 5.41) is 7.00. The van der Waals surface area contributed by atoms with Crippen molar-refractivity contribution in [3.8, 4) is 61.3 Å². The standard InChI is InChI=1S/C70H46N2O/c1-3-17-48(18-4-1)56-42-36-52(45-63(56)49-19-5-2-6-20-49)47-31-38-54(39-32-47)71(65-27-13-10-23-58(65)53-37-44-69-64(46-53)62-43-35-50-21-7-8-24-59(50)70(62)73-69)55-40-33-51(34-41-55)57-22-9-14-28-66(57)72-67-29-15-11-25-60(67)61-26-12-16-30-68(61)72/h1-46H. The van der Waals surface area contributed by atoms with Crippen LogP contribution < -0.4 is 4.90 Å². The third-order valence-electron chi connectivity index (χ3n) is 14.6. The molecular formula is C70H46N2O. The van der Waals surface area contributed by atoms with E-state index in [1.54, 1.807) is 0 Å². The topological polar surface area (TPSA) is 21.3 Å². The van der Waals surface area contributed by atoms with E-state index in [0.717, 1.165) is 77.9 Å². The molecule has 0 spiro atoms. The normalized spacial score (nSPS) is 11.6. The summed E-state index contributed by atoms with van der Waals surface area (Å²) in [6.45, 7) is 0. The van der Waals surface area contributed by atoms with E-state index in [1.807, 2.05) is 0 Å². The zero-order valence-corrected chi connectivity index (χ0v) is 39.9. The van der Waals surface area contributed by atoms with Crippen molar-refractivity contribution >= 4 is 71.6 Å². The van der Waals surface area contributed by atoms with Crippen LogP contribution in [0.5, 0.6) is 0 Å². The molecule has 0 fully saturated rings. The van der Waals surface area contributed by atoms with Gasteiger partial charge < -0.3 is 13.9 Å². The van der Waals surface area contributed by atoms with Crippen LogP contribution in [-0.2, 0) is 0 Å². The minimum atomic E-state index is 0.879. The first kappa shape index (κ1) is 42.2. The first-order chi connectivity index (χ1) is 36.2. The second-order valence-corrected chi connectivity index (χ2v) is 18.8. The van der Waals surface area contributed by atoms with E-state index in [4.69, 9.17) is 4.42 Å². The van der Waals surface area contributed by atoms with Crippen molar-refractivity contribution in [2.45, 2.75) is 0 Å². The molecule has 0 saturated heterocycles. The fraction of sp³-hybridized carbons (Fsp3) is 0. The van der Waals surface area contributed by atoms with Gasteiger partial charge in [0.15, 0.2) is 0 Å². The lowest BCUT2D eigenvalue weighted by atomic mass is 9.91. The molecule has 0 saturated carbocycles. The fourth-order valence-corrected chi connectivity index (χ4v) is 11.1. The smallest absolute Gasteiger partial charge is 0.143 e. The molecule has 0 amide bonds. The number of aromatic nitrogens is 1. The van der Waals surface area contributed by atoms with E-state index >= 15 is 0 Å². The van der Waals surface area contributed by atoms with Gasteiger partial charge in [0.25, 0.3) is 0 Å². The van der Waals surface area contributed by atoms with Crippen LogP contribution in [0.15, 0.2) is 283 Å². The van der Waals surface area contributed by atoms with Gasteiger partial charge in [0.1, 0.15) is 11.2 Å². The Bertz CT molecular complexity index is 4300. The minimum Gasteiger partial charge on any atom is -0.455 e. The second kappa shape index (κ2) is 17.6. The summed E-state index contributed by atoms with van der Waals surface area (Å²) < 4.78 is 9.01. The monoisotopic (exact) mass is 930 g/mol. The number of benzene rings is 12. The van der Waals surface area contributed by atoms with E-state index in [2.05, 4.69) is 289 Å². The Balaban J connectivity index is 0.902. The summed E-state index contributed by atoms with van der Waals surface area (Å²) in [5.74, 6) is 0. The van der Waals surface area contributed by atoms with Crippen molar-refractivity contribution < 1.29 is 4.42 Å². The van der Waals surface area contributed by atoms with E-state index in [9.17, 15) is 0 Å². The molecule has 2 heterocycles. The third kappa shape index (κ3) is 7.29. The maximum absolute atomic E-state index is 6.59. The molecule has 73 heavy (non-hydrogen) atoms. The Kier molecular flexibility index (Phi) is 10.2. The zero-order chi connectivity index (χ0) is 48.2. The highest BCUT2D eigenvalue weighted by molar-refractivity contribution is 6.16. The van der Waals surface area contributed by atoms with Gasteiger partial charge in [-0.3, -0.25) is 0 Å². The number of nitrogens with zero attached hydrogens (tertiary/aromatic N) is 2.